The van der Waals surface area contributed by atoms with Crippen LogP contribution >= 0.6 is 0 Å². The predicted molar refractivity (Wildman–Crippen MR) is 126 cm³/mol. The molecule has 0 aliphatic carbocycles. The van der Waals surface area contributed by atoms with E-state index in [0.29, 0.717) is 37.7 Å². The van der Waals surface area contributed by atoms with E-state index in [2.05, 4.69) is 10.6 Å². The van der Waals surface area contributed by atoms with E-state index in [-0.39, 0.29) is 23.7 Å². The number of nitrogens with zero attached hydrogens (tertiary/aromatic N) is 1. The molecule has 2 aromatic carbocycles. The number of piperidine rings is 1. The van der Waals surface area contributed by atoms with Gasteiger partial charge in [0.1, 0.15) is 11.6 Å². The lowest BCUT2D eigenvalue weighted by Gasteiger charge is -2.36. The zero-order valence-electron chi connectivity index (χ0n) is 19.3. The van der Waals surface area contributed by atoms with Gasteiger partial charge in [-0.15, -0.1) is 0 Å². The predicted octanol–water partition coefficient (Wildman–Crippen LogP) is 3.56. The third-order valence-corrected chi connectivity index (χ3v) is 5.55. The topological polar surface area (TPSA) is 119 Å². The molecule has 188 valence electrons. The number of carboxylic acids is 2. The van der Waals surface area contributed by atoms with Gasteiger partial charge in [-0.25, -0.2) is 23.2 Å². The fourth-order valence-electron chi connectivity index (χ4n) is 3.79. The van der Waals surface area contributed by atoms with Gasteiger partial charge in [0, 0.05) is 44.9 Å². The summed E-state index contributed by atoms with van der Waals surface area (Å²) in [4.78, 5) is 32.7. The quantitative estimate of drug-likeness (QED) is 0.442. The molecule has 1 atom stereocenters. The number of likely N-dealkylation sites (tertiary alicyclic amines) is 1. The second-order valence-corrected chi connectivity index (χ2v) is 7.93. The zero-order valence-corrected chi connectivity index (χ0v) is 19.3. The Morgan fingerprint density at radius 3 is 1.89 bits per heavy atom. The van der Waals surface area contributed by atoms with Crippen LogP contribution in [0.25, 0.3) is 0 Å². The fourth-order valence-corrected chi connectivity index (χ4v) is 3.79. The summed E-state index contributed by atoms with van der Waals surface area (Å²) in [7, 11) is 1.64. The standard InChI is InChI=1S/C21H25F2N3O.C4H4O4/c1-24-21(27)26-12-10-17(11-13-26)20(16-4-8-19(23)9-5-16)25-14-15-2-6-18(22)7-3-15;5-3(6)1-2-4(7)8/h2-9,17,20,25H,10-14H2,1H3,(H,24,27);1-2H,(H,5,6)(H,7,8)/b;2-1+. The van der Waals surface area contributed by atoms with Gasteiger partial charge in [-0.1, -0.05) is 24.3 Å². The second kappa shape index (κ2) is 13.8. The van der Waals surface area contributed by atoms with Crippen LogP contribution in [-0.4, -0.2) is 53.2 Å². The molecule has 35 heavy (non-hydrogen) atoms. The summed E-state index contributed by atoms with van der Waals surface area (Å²) in [5.41, 5.74) is 2.02. The summed E-state index contributed by atoms with van der Waals surface area (Å²) in [5.74, 6) is -2.70. The molecule has 1 saturated heterocycles. The minimum Gasteiger partial charge on any atom is -0.478 e. The van der Waals surface area contributed by atoms with Crippen molar-refractivity contribution >= 4 is 18.0 Å². The molecule has 3 rings (SSSR count). The molecule has 2 aromatic rings. The van der Waals surface area contributed by atoms with E-state index in [9.17, 15) is 23.2 Å². The molecule has 0 bridgehead atoms. The Balaban J connectivity index is 0.000000466. The third-order valence-electron chi connectivity index (χ3n) is 5.55. The molecule has 1 heterocycles. The van der Waals surface area contributed by atoms with Gasteiger partial charge in [0.2, 0.25) is 0 Å². The average Bonchev–Trinajstić information content (AvgIpc) is 2.85. The Morgan fingerprint density at radius 1 is 0.943 bits per heavy atom. The van der Waals surface area contributed by atoms with Crippen LogP contribution in [0.3, 0.4) is 0 Å². The molecule has 2 amide bonds. The lowest BCUT2D eigenvalue weighted by atomic mass is 9.85. The smallest absolute Gasteiger partial charge is 0.328 e. The molecule has 4 N–H and O–H groups in total. The van der Waals surface area contributed by atoms with Crippen LogP contribution in [0.2, 0.25) is 0 Å². The highest BCUT2D eigenvalue weighted by molar-refractivity contribution is 5.89. The molecular weight excluding hydrogens is 460 g/mol. The van der Waals surface area contributed by atoms with Gasteiger partial charge in [0.15, 0.2) is 0 Å². The van der Waals surface area contributed by atoms with Crippen molar-refractivity contribution in [1.82, 2.24) is 15.5 Å². The summed E-state index contributed by atoms with van der Waals surface area (Å²) >= 11 is 0. The van der Waals surface area contributed by atoms with E-state index in [1.165, 1.54) is 24.3 Å². The van der Waals surface area contributed by atoms with Crippen molar-refractivity contribution in [3.05, 3.63) is 83.4 Å². The maximum absolute atomic E-state index is 13.4. The van der Waals surface area contributed by atoms with Gasteiger partial charge in [-0.05, 0) is 54.2 Å². The van der Waals surface area contributed by atoms with Crippen molar-refractivity contribution in [3.63, 3.8) is 0 Å². The van der Waals surface area contributed by atoms with Gasteiger partial charge in [-0.3, -0.25) is 0 Å². The fraction of sp³-hybridized carbons (Fsp3) is 0.320. The molecule has 10 heteroatoms. The molecule has 1 fully saturated rings. The highest BCUT2D eigenvalue weighted by atomic mass is 19.1. The largest absolute Gasteiger partial charge is 0.478 e. The third kappa shape index (κ3) is 9.54. The summed E-state index contributed by atoms with van der Waals surface area (Å²) in [6, 6.07) is 13.0. The Kier molecular flexibility index (Phi) is 10.8. The molecule has 8 nitrogen and oxygen atoms in total. The summed E-state index contributed by atoms with van der Waals surface area (Å²) in [6.07, 6.45) is 2.85. The first-order valence-electron chi connectivity index (χ1n) is 11.0. The lowest BCUT2D eigenvalue weighted by molar-refractivity contribution is -0.134. The number of hydrogen-bond donors (Lipinski definition) is 4. The van der Waals surface area contributed by atoms with Crippen molar-refractivity contribution < 1.29 is 33.4 Å². The first kappa shape index (κ1) is 27.5. The van der Waals surface area contributed by atoms with Crippen molar-refractivity contribution in [2.75, 3.05) is 20.1 Å². The molecule has 0 saturated carbocycles. The first-order chi connectivity index (χ1) is 16.7. The van der Waals surface area contributed by atoms with Crippen LogP contribution in [0.1, 0.15) is 30.0 Å². The number of urea groups is 1. The molecule has 1 aliphatic rings. The van der Waals surface area contributed by atoms with E-state index >= 15 is 0 Å². The van der Waals surface area contributed by atoms with Crippen LogP contribution in [0.4, 0.5) is 13.6 Å². The van der Waals surface area contributed by atoms with Gasteiger partial charge in [-0.2, -0.15) is 0 Å². The zero-order chi connectivity index (χ0) is 25.8. The van der Waals surface area contributed by atoms with E-state index in [4.69, 9.17) is 10.2 Å². The molecule has 0 radical (unpaired) electrons. The number of carbonyl (C=O) groups is 3. The SMILES string of the molecule is CNC(=O)N1CCC(C(NCc2ccc(F)cc2)c2ccc(F)cc2)CC1.O=C(O)/C=C/C(=O)O. The summed E-state index contributed by atoms with van der Waals surface area (Å²) in [6.45, 7) is 1.98. The number of halogens is 2. The van der Waals surface area contributed by atoms with Gasteiger partial charge in [0.25, 0.3) is 0 Å². The molecule has 0 aromatic heterocycles. The second-order valence-electron chi connectivity index (χ2n) is 7.93. The van der Waals surface area contributed by atoms with E-state index in [1.807, 2.05) is 17.0 Å². The monoisotopic (exact) mass is 489 g/mol. The normalized spacial score (nSPS) is 14.7. The molecule has 1 aliphatic heterocycles. The van der Waals surface area contributed by atoms with Crippen LogP contribution < -0.4 is 10.6 Å². The average molecular weight is 490 g/mol. The Bertz CT molecular complexity index is 989. The number of rotatable bonds is 7. The minimum absolute atomic E-state index is 0.0440. The molecule has 0 spiro atoms. The van der Waals surface area contributed by atoms with Crippen molar-refractivity contribution in [2.24, 2.45) is 5.92 Å². The van der Waals surface area contributed by atoms with Crippen molar-refractivity contribution in [2.45, 2.75) is 25.4 Å². The number of nitrogens with one attached hydrogen (secondary N) is 2. The van der Waals surface area contributed by atoms with E-state index < -0.39 is 11.9 Å². The highest BCUT2D eigenvalue weighted by Crippen LogP contribution is 2.31. The number of aliphatic carboxylic acids is 2. The molecular formula is C25H29F2N3O5. The van der Waals surface area contributed by atoms with Crippen LogP contribution in [0.5, 0.6) is 0 Å². The number of hydrogen-bond acceptors (Lipinski definition) is 4. The first-order valence-corrected chi connectivity index (χ1v) is 11.0. The Morgan fingerprint density at radius 2 is 1.43 bits per heavy atom. The highest BCUT2D eigenvalue weighted by Gasteiger charge is 2.29. The van der Waals surface area contributed by atoms with Crippen LogP contribution in [-0.2, 0) is 16.1 Å². The Labute approximate surface area is 202 Å². The maximum Gasteiger partial charge on any atom is 0.328 e. The number of benzene rings is 2. The van der Waals surface area contributed by atoms with Gasteiger partial charge < -0.3 is 25.7 Å². The Hall–Kier alpha value is -3.79. The van der Waals surface area contributed by atoms with Gasteiger partial charge in [0.05, 0.1) is 0 Å². The maximum atomic E-state index is 13.4. The minimum atomic E-state index is -1.26. The van der Waals surface area contributed by atoms with Crippen molar-refractivity contribution in [1.29, 1.82) is 0 Å². The van der Waals surface area contributed by atoms with Crippen LogP contribution in [0.15, 0.2) is 60.7 Å². The number of amides is 2. The summed E-state index contributed by atoms with van der Waals surface area (Å²) in [5, 5.41) is 21.8. The molecule has 1 unspecified atom stereocenters. The van der Waals surface area contributed by atoms with E-state index in [1.54, 1.807) is 19.2 Å². The summed E-state index contributed by atoms with van der Waals surface area (Å²) < 4.78 is 26.5. The lowest BCUT2D eigenvalue weighted by Crippen LogP contribution is -2.45. The van der Waals surface area contributed by atoms with Crippen molar-refractivity contribution in [3.8, 4) is 0 Å². The number of carbonyl (C=O) groups excluding carboxylic acids is 1. The van der Waals surface area contributed by atoms with Crippen LogP contribution in [0, 0.1) is 17.6 Å². The van der Waals surface area contributed by atoms with Gasteiger partial charge >= 0.3 is 18.0 Å². The van der Waals surface area contributed by atoms with E-state index in [0.717, 1.165) is 24.0 Å². The number of carboxylic acid groups (broad SMARTS) is 2.